The zero-order valence-corrected chi connectivity index (χ0v) is 13.7. The Morgan fingerprint density at radius 1 is 1.27 bits per heavy atom. The first-order valence-corrected chi connectivity index (χ1v) is 7.74. The maximum atomic E-state index is 11.7. The van der Waals surface area contributed by atoms with Crippen molar-refractivity contribution >= 4 is 39.4 Å². The van der Waals surface area contributed by atoms with Gasteiger partial charge in [0.25, 0.3) is 5.91 Å². The number of anilines is 1. The van der Waals surface area contributed by atoms with E-state index in [1.165, 1.54) is 0 Å². The van der Waals surface area contributed by atoms with E-state index in [9.17, 15) is 14.4 Å². The fraction of sp³-hybridized carbons (Fsp3) is 0.400. The Hall–Kier alpha value is -1.89. The van der Waals surface area contributed by atoms with Gasteiger partial charge in [-0.05, 0) is 40.4 Å². The maximum Gasteiger partial charge on any atom is 0.309 e. The quantitative estimate of drug-likeness (QED) is 0.748. The monoisotopic (exact) mass is 368 g/mol. The summed E-state index contributed by atoms with van der Waals surface area (Å²) >= 11 is 3.31. The van der Waals surface area contributed by atoms with Crippen LogP contribution in [0.4, 0.5) is 5.69 Å². The molecule has 0 heterocycles. The molecular formula is C15H17BrN2O4. The first-order chi connectivity index (χ1) is 10.5. The number of amides is 2. The number of hydrogen-bond donors (Lipinski definition) is 2. The predicted molar refractivity (Wildman–Crippen MR) is 84.0 cm³/mol. The standard InChI is InChI=1S/C15H17BrN2O4/c1-9-6-10(9)15(21)22-8-14(20)17-7-13(19)18-12-5-3-2-4-11(12)16/h2-5,9-10H,6-8H2,1H3,(H,17,20)(H,18,19)/t9-,10+/m1/s1. The van der Waals surface area contributed by atoms with Gasteiger partial charge in [-0.15, -0.1) is 0 Å². The zero-order valence-electron chi connectivity index (χ0n) is 12.1. The Morgan fingerprint density at radius 2 is 1.95 bits per heavy atom. The summed E-state index contributed by atoms with van der Waals surface area (Å²) in [6.07, 6.45) is 0.814. The molecule has 2 amide bonds. The van der Waals surface area contributed by atoms with Gasteiger partial charge in [-0.2, -0.15) is 0 Å². The highest BCUT2D eigenvalue weighted by molar-refractivity contribution is 9.10. The third kappa shape index (κ3) is 4.84. The van der Waals surface area contributed by atoms with Crippen LogP contribution in [-0.4, -0.2) is 30.9 Å². The van der Waals surface area contributed by atoms with Crippen LogP contribution in [0.1, 0.15) is 13.3 Å². The molecule has 0 spiro atoms. The lowest BCUT2D eigenvalue weighted by Crippen LogP contribution is -2.35. The first kappa shape index (κ1) is 16.5. The zero-order chi connectivity index (χ0) is 16.1. The van der Waals surface area contributed by atoms with Crippen molar-refractivity contribution in [2.24, 2.45) is 11.8 Å². The minimum Gasteiger partial charge on any atom is -0.455 e. The molecule has 7 heteroatoms. The van der Waals surface area contributed by atoms with E-state index in [4.69, 9.17) is 4.74 Å². The van der Waals surface area contributed by atoms with Gasteiger partial charge < -0.3 is 15.4 Å². The van der Waals surface area contributed by atoms with Crippen molar-refractivity contribution in [2.75, 3.05) is 18.5 Å². The molecule has 2 N–H and O–H groups in total. The Balaban J connectivity index is 1.66. The van der Waals surface area contributed by atoms with Gasteiger partial charge >= 0.3 is 5.97 Å². The molecule has 6 nitrogen and oxygen atoms in total. The summed E-state index contributed by atoms with van der Waals surface area (Å²) in [6, 6.07) is 7.16. The molecule has 0 bridgehead atoms. The summed E-state index contributed by atoms with van der Waals surface area (Å²) in [5.41, 5.74) is 0.621. The molecule has 0 aliphatic heterocycles. The number of carbonyl (C=O) groups excluding carboxylic acids is 3. The molecule has 2 rings (SSSR count). The summed E-state index contributed by atoms with van der Waals surface area (Å²) in [4.78, 5) is 34.7. The summed E-state index contributed by atoms with van der Waals surface area (Å²) in [6.45, 7) is 1.42. The topological polar surface area (TPSA) is 84.5 Å². The van der Waals surface area contributed by atoms with Gasteiger partial charge in [-0.3, -0.25) is 14.4 Å². The van der Waals surface area contributed by atoms with Crippen LogP contribution >= 0.6 is 15.9 Å². The summed E-state index contributed by atoms with van der Waals surface area (Å²) in [5.74, 6) is -0.941. The molecule has 1 aliphatic rings. The largest absolute Gasteiger partial charge is 0.455 e. The smallest absolute Gasteiger partial charge is 0.309 e. The fourth-order valence-electron chi connectivity index (χ4n) is 1.88. The second-order valence-corrected chi connectivity index (χ2v) is 6.09. The maximum absolute atomic E-state index is 11.7. The van der Waals surface area contributed by atoms with Crippen molar-refractivity contribution in [1.29, 1.82) is 0 Å². The van der Waals surface area contributed by atoms with Crippen LogP contribution in [0.3, 0.4) is 0 Å². The average Bonchev–Trinajstić information content (AvgIpc) is 3.22. The Morgan fingerprint density at radius 3 is 2.59 bits per heavy atom. The number of ether oxygens (including phenoxy) is 1. The van der Waals surface area contributed by atoms with E-state index < -0.39 is 5.91 Å². The second kappa shape index (κ2) is 7.40. The van der Waals surface area contributed by atoms with Crippen LogP contribution in [0.15, 0.2) is 28.7 Å². The van der Waals surface area contributed by atoms with E-state index in [0.717, 1.165) is 10.9 Å². The first-order valence-electron chi connectivity index (χ1n) is 6.95. The Kier molecular flexibility index (Phi) is 5.54. The number of para-hydroxylation sites is 1. The number of esters is 1. The van der Waals surface area contributed by atoms with Gasteiger partial charge in [0, 0.05) is 4.47 Å². The number of rotatable bonds is 6. The number of carbonyl (C=O) groups is 3. The van der Waals surface area contributed by atoms with Crippen molar-refractivity contribution in [2.45, 2.75) is 13.3 Å². The summed E-state index contributed by atoms with van der Waals surface area (Å²) < 4.78 is 5.63. The second-order valence-electron chi connectivity index (χ2n) is 5.23. The summed E-state index contributed by atoms with van der Waals surface area (Å²) in [7, 11) is 0. The highest BCUT2D eigenvalue weighted by Gasteiger charge is 2.40. The van der Waals surface area contributed by atoms with Gasteiger partial charge in [0.2, 0.25) is 5.91 Å². The minimum atomic E-state index is -0.496. The van der Waals surface area contributed by atoms with E-state index in [0.29, 0.717) is 11.6 Å². The fourth-order valence-corrected chi connectivity index (χ4v) is 2.26. The molecule has 1 aromatic rings. The highest BCUT2D eigenvalue weighted by Crippen LogP contribution is 2.38. The van der Waals surface area contributed by atoms with Crippen LogP contribution in [-0.2, 0) is 19.1 Å². The van der Waals surface area contributed by atoms with E-state index >= 15 is 0 Å². The predicted octanol–water partition coefficient (Wildman–Crippen LogP) is 1.70. The average molecular weight is 369 g/mol. The van der Waals surface area contributed by atoms with Crippen molar-refractivity contribution in [3.8, 4) is 0 Å². The molecule has 1 aliphatic carbocycles. The van der Waals surface area contributed by atoms with Crippen LogP contribution < -0.4 is 10.6 Å². The minimum absolute atomic E-state index is 0.0773. The van der Waals surface area contributed by atoms with Crippen molar-refractivity contribution in [3.63, 3.8) is 0 Å². The number of hydrogen-bond acceptors (Lipinski definition) is 4. The van der Waals surface area contributed by atoms with Gasteiger partial charge in [0.1, 0.15) is 0 Å². The lowest BCUT2D eigenvalue weighted by molar-refractivity contribution is -0.150. The molecule has 1 saturated carbocycles. The third-order valence-electron chi connectivity index (χ3n) is 3.35. The van der Waals surface area contributed by atoms with Gasteiger partial charge in [-0.25, -0.2) is 0 Å². The Labute approximate surface area is 136 Å². The molecule has 1 aromatic carbocycles. The molecule has 0 unspecified atom stereocenters. The Bertz CT molecular complexity index is 591. The van der Waals surface area contributed by atoms with E-state index in [1.54, 1.807) is 18.2 Å². The lowest BCUT2D eigenvalue weighted by Gasteiger charge is -2.08. The van der Waals surface area contributed by atoms with Crippen LogP contribution in [0, 0.1) is 11.8 Å². The van der Waals surface area contributed by atoms with Crippen molar-refractivity contribution < 1.29 is 19.1 Å². The lowest BCUT2D eigenvalue weighted by atomic mass is 10.3. The highest BCUT2D eigenvalue weighted by atomic mass is 79.9. The molecular weight excluding hydrogens is 352 g/mol. The third-order valence-corrected chi connectivity index (χ3v) is 4.04. The number of nitrogens with one attached hydrogen (secondary N) is 2. The SMILES string of the molecule is C[C@@H]1C[C@@H]1C(=O)OCC(=O)NCC(=O)Nc1ccccc1Br. The van der Waals surface area contributed by atoms with Gasteiger partial charge in [0.05, 0.1) is 18.2 Å². The molecule has 0 radical (unpaired) electrons. The number of halogens is 1. The molecule has 0 aromatic heterocycles. The molecule has 2 atom stereocenters. The van der Waals surface area contributed by atoms with Crippen LogP contribution in [0.5, 0.6) is 0 Å². The van der Waals surface area contributed by atoms with E-state index in [-0.39, 0.29) is 30.9 Å². The van der Waals surface area contributed by atoms with Crippen molar-refractivity contribution in [1.82, 2.24) is 5.32 Å². The molecule has 0 saturated heterocycles. The van der Waals surface area contributed by atoms with E-state index in [2.05, 4.69) is 26.6 Å². The number of benzene rings is 1. The van der Waals surface area contributed by atoms with Gasteiger partial charge in [-0.1, -0.05) is 19.1 Å². The normalized spacial score (nSPS) is 19.2. The van der Waals surface area contributed by atoms with Crippen LogP contribution in [0.2, 0.25) is 0 Å². The molecule has 1 fully saturated rings. The molecule has 22 heavy (non-hydrogen) atoms. The van der Waals surface area contributed by atoms with Gasteiger partial charge in [0.15, 0.2) is 6.61 Å². The summed E-state index contributed by atoms with van der Waals surface area (Å²) in [5, 5.41) is 5.06. The van der Waals surface area contributed by atoms with Crippen molar-refractivity contribution in [3.05, 3.63) is 28.7 Å². The van der Waals surface area contributed by atoms with E-state index in [1.807, 2.05) is 13.0 Å². The molecule has 118 valence electrons. The van der Waals surface area contributed by atoms with Crippen LogP contribution in [0.25, 0.3) is 0 Å².